The van der Waals surface area contributed by atoms with Gasteiger partial charge in [0.2, 0.25) is 0 Å². The quantitative estimate of drug-likeness (QED) is 0.744. The molecule has 96 valence electrons. The molecule has 0 spiro atoms. The second-order valence-electron chi connectivity index (χ2n) is 3.34. The van der Waals surface area contributed by atoms with Gasteiger partial charge in [-0.05, 0) is 34.5 Å². The van der Waals surface area contributed by atoms with Gasteiger partial charge in [0.15, 0.2) is 0 Å². The number of halogens is 4. The second-order valence-corrected chi connectivity index (χ2v) is 4.20. The number of ether oxygens (including phenoxy) is 2. The standard InChI is InChI=1S/C11H12BrF3O2/c1-2-3-6-16-10-7-8(4-5-9(10)12)17-11(13,14)15/h4-5,7H,2-3,6H2,1H3. The van der Waals surface area contributed by atoms with Crippen molar-refractivity contribution in [3.05, 3.63) is 22.7 Å². The first-order chi connectivity index (χ1) is 7.92. The number of unbranched alkanes of at least 4 members (excludes halogenated alkanes) is 1. The maximum atomic E-state index is 12.0. The van der Waals surface area contributed by atoms with Crippen molar-refractivity contribution in [3.63, 3.8) is 0 Å². The van der Waals surface area contributed by atoms with Crippen molar-refractivity contribution in [1.82, 2.24) is 0 Å². The largest absolute Gasteiger partial charge is 0.573 e. The Bertz CT molecular complexity index is 366. The Hall–Kier alpha value is -0.910. The van der Waals surface area contributed by atoms with Crippen molar-refractivity contribution >= 4 is 15.9 Å². The number of hydrogen-bond acceptors (Lipinski definition) is 2. The lowest BCUT2D eigenvalue weighted by Gasteiger charge is -2.12. The fraction of sp³-hybridized carbons (Fsp3) is 0.455. The summed E-state index contributed by atoms with van der Waals surface area (Å²) in [7, 11) is 0. The predicted octanol–water partition coefficient (Wildman–Crippen LogP) is 4.53. The van der Waals surface area contributed by atoms with Crippen LogP contribution in [0.4, 0.5) is 13.2 Å². The molecule has 0 aromatic heterocycles. The molecule has 0 aliphatic rings. The highest BCUT2D eigenvalue weighted by Crippen LogP contribution is 2.32. The van der Waals surface area contributed by atoms with Gasteiger partial charge in [0.05, 0.1) is 11.1 Å². The van der Waals surface area contributed by atoms with Gasteiger partial charge in [0, 0.05) is 6.07 Å². The van der Waals surface area contributed by atoms with Crippen LogP contribution in [-0.2, 0) is 0 Å². The van der Waals surface area contributed by atoms with Gasteiger partial charge in [0.25, 0.3) is 0 Å². The lowest BCUT2D eigenvalue weighted by Crippen LogP contribution is -2.17. The van der Waals surface area contributed by atoms with Gasteiger partial charge in [-0.3, -0.25) is 0 Å². The van der Waals surface area contributed by atoms with Crippen LogP contribution in [0.1, 0.15) is 19.8 Å². The zero-order valence-electron chi connectivity index (χ0n) is 9.18. The van der Waals surface area contributed by atoms with Gasteiger partial charge < -0.3 is 9.47 Å². The van der Waals surface area contributed by atoms with Gasteiger partial charge in [-0.2, -0.15) is 0 Å². The molecule has 6 heteroatoms. The Morgan fingerprint density at radius 2 is 2.00 bits per heavy atom. The highest BCUT2D eigenvalue weighted by molar-refractivity contribution is 9.10. The zero-order chi connectivity index (χ0) is 12.9. The van der Waals surface area contributed by atoms with Gasteiger partial charge >= 0.3 is 6.36 Å². The van der Waals surface area contributed by atoms with Crippen LogP contribution in [0.25, 0.3) is 0 Å². The Kier molecular flexibility index (Phi) is 5.11. The van der Waals surface area contributed by atoms with Crippen LogP contribution in [-0.4, -0.2) is 13.0 Å². The molecule has 1 aromatic carbocycles. The molecule has 1 rings (SSSR count). The van der Waals surface area contributed by atoms with E-state index in [0.29, 0.717) is 16.8 Å². The molecule has 0 N–H and O–H groups in total. The third-order valence-electron chi connectivity index (χ3n) is 1.89. The average Bonchev–Trinajstić information content (AvgIpc) is 2.21. The minimum atomic E-state index is -4.69. The minimum absolute atomic E-state index is 0.285. The maximum Gasteiger partial charge on any atom is 0.573 e. The van der Waals surface area contributed by atoms with Crippen molar-refractivity contribution < 1.29 is 22.6 Å². The van der Waals surface area contributed by atoms with E-state index in [9.17, 15) is 13.2 Å². The summed E-state index contributed by atoms with van der Waals surface area (Å²) in [6.45, 7) is 2.46. The first-order valence-electron chi connectivity index (χ1n) is 5.10. The summed E-state index contributed by atoms with van der Waals surface area (Å²) >= 11 is 3.20. The molecule has 2 nitrogen and oxygen atoms in total. The van der Waals surface area contributed by atoms with Crippen molar-refractivity contribution in [2.75, 3.05) is 6.61 Å². The number of benzene rings is 1. The van der Waals surface area contributed by atoms with Crippen LogP contribution < -0.4 is 9.47 Å². The lowest BCUT2D eigenvalue weighted by molar-refractivity contribution is -0.274. The summed E-state index contributed by atoms with van der Waals surface area (Å²) in [6, 6.07) is 3.90. The third-order valence-corrected chi connectivity index (χ3v) is 2.55. The third kappa shape index (κ3) is 5.30. The monoisotopic (exact) mass is 312 g/mol. The number of hydrogen-bond donors (Lipinski definition) is 0. The molecule has 0 bridgehead atoms. The fourth-order valence-corrected chi connectivity index (χ4v) is 1.48. The Balaban J connectivity index is 2.72. The zero-order valence-corrected chi connectivity index (χ0v) is 10.8. The molecule has 0 saturated heterocycles. The maximum absolute atomic E-state index is 12.0. The van der Waals surface area contributed by atoms with Crippen LogP contribution in [0.2, 0.25) is 0 Å². The van der Waals surface area contributed by atoms with Crippen LogP contribution in [0, 0.1) is 0 Å². The van der Waals surface area contributed by atoms with Crippen molar-refractivity contribution in [1.29, 1.82) is 0 Å². The molecule has 0 amide bonds. The lowest BCUT2D eigenvalue weighted by atomic mass is 10.3. The molecule has 0 saturated carbocycles. The van der Waals surface area contributed by atoms with E-state index in [4.69, 9.17) is 4.74 Å². The molecule has 0 aliphatic heterocycles. The summed E-state index contributed by atoms with van der Waals surface area (Å²) in [5.41, 5.74) is 0. The van der Waals surface area contributed by atoms with E-state index in [1.807, 2.05) is 6.92 Å². The predicted molar refractivity (Wildman–Crippen MR) is 61.2 cm³/mol. The smallest absolute Gasteiger partial charge is 0.492 e. The topological polar surface area (TPSA) is 18.5 Å². The normalized spacial score (nSPS) is 11.4. The van der Waals surface area contributed by atoms with Gasteiger partial charge in [-0.25, -0.2) is 0 Å². The summed E-state index contributed by atoms with van der Waals surface area (Å²) < 4.78 is 45.8. The molecule has 0 radical (unpaired) electrons. The van der Waals surface area contributed by atoms with E-state index in [0.717, 1.165) is 12.8 Å². The molecule has 0 unspecified atom stereocenters. The van der Waals surface area contributed by atoms with Gasteiger partial charge in [0.1, 0.15) is 11.5 Å². The molecule has 0 aliphatic carbocycles. The van der Waals surface area contributed by atoms with Crippen molar-refractivity contribution in [3.8, 4) is 11.5 Å². The average molecular weight is 313 g/mol. The second kappa shape index (κ2) is 6.14. The highest BCUT2D eigenvalue weighted by Gasteiger charge is 2.31. The number of rotatable bonds is 5. The van der Waals surface area contributed by atoms with Gasteiger partial charge in [-0.15, -0.1) is 13.2 Å². The van der Waals surface area contributed by atoms with Crippen LogP contribution in [0.3, 0.4) is 0 Å². The molecule has 0 fully saturated rings. The van der Waals surface area contributed by atoms with E-state index in [1.54, 1.807) is 0 Å². The molecular weight excluding hydrogens is 301 g/mol. The van der Waals surface area contributed by atoms with Crippen LogP contribution in [0.5, 0.6) is 11.5 Å². The summed E-state index contributed by atoms with van der Waals surface area (Å²) in [5, 5.41) is 0. The van der Waals surface area contributed by atoms with Crippen molar-refractivity contribution in [2.24, 2.45) is 0 Å². The van der Waals surface area contributed by atoms with E-state index in [-0.39, 0.29) is 5.75 Å². The van der Waals surface area contributed by atoms with Gasteiger partial charge in [-0.1, -0.05) is 13.3 Å². The molecular formula is C11H12BrF3O2. The summed E-state index contributed by atoms with van der Waals surface area (Å²) in [6.07, 6.45) is -2.89. The Morgan fingerprint density at radius 1 is 1.29 bits per heavy atom. The fourth-order valence-electron chi connectivity index (χ4n) is 1.12. The molecule has 0 atom stereocenters. The first-order valence-corrected chi connectivity index (χ1v) is 5.90. The van der Waals surface area contributed by atoms with E-state index in [1.165, 1.54) is 18.2 Å². The summed E-state index contributed by atoms with van der Waals surface area (Å²) in [4.78, 5) is 0. The van der Waals surface area contributed by atoms with Crippen molar-refractivity contribution in [2.45, 2.75) is 26.1 Å². The summed E-state index contributed by atoms with van der Waals surface area (Å²) in [5.74, 6) is 0.0624. The molecule has 17 heavy (non-hydrogen) atoms. The highest BCUT2D eigenvalue weighted by atomic mass is 79.9. The van der Waals surface area contributed by atoms with E-state index >= 15 is 0 Å². The van der Waals surface area contributed by atoms with Crippen LogP contribution >= 0.6 is 15.9 Å². The molecule has 1 aromatic rings. The SMILES string of the molecule is CCCCOc1cc(OC(F)(F)F)ccc1Br. The van der Waals surface area contributed by atoms with E-state index in [2.05, 4.69) is 20.7 Å². The van der Waals surface area contributed by atoms with E-state index < -0.39 is 6.36 Å². The number of alkyl halides is 3. The molecule has 0 heterocycles. The van der Waals surface area contributed by atoms with Crippen LogP contribution in [0.15, 0.2) is 22.7 Å². The first kappa shape index (κ1) is 14.2. The Labute approximate surface area is 106 Å². The minimum Gasteiger partial charge on any atom is -0.492 e. The Morgan fingerprint density at radius 3 is 2.59 bits per heavy atom.